The summed E-state index contributed by atoms with van der Waals surface area (Å²) in [7, 11) is 1.35. The van der Waals surface area contributed by atoms with Crippen molar-refractivity contribution in [2.75, 3.05) is 20.1 Å². The molecule has 178 valence electrons. The SMILES string of the molecule is CN=C(CC(C)(c1cc(Cl)c(F)c(Cl)c1)C(F)(F)F)c1ccc(C2(F)CN(C(N)=O)C2)cc1. The molecule has 1 atom stereocenters. The van der Waals surface area contributed by atoms with Gasteiger partial charge in [-0.25, -0.2) is 13.6 Å². The number of amides is 2. The fourth-order valence-electron chi connectivity index (χ4n) is 3.74. The summed E-state index contributed by atoms with van der Waals surface area (Å²) in [4.78, 5) is 16.3. The highest BCUT2D eigenvalue weighted by atomic mass is 35.5. The van der Waals surface area contributed by atoms with Gasteiger partial charge in [-0.2, -0.15) is 13.2 Å². The summed E-state index contributed by atoms with van der Waals surface area (Å²) in [5, 5.41) is -1.04. The third-order valence-electron chi connectivity index (χ3n) is 5.97. The van der Waals surface area contributed by atoms with E-state index in [0.717, 1.165) is 24.0 Å². The molecular weight excluding hydrogens is 488 g/mol. The number of rotatable bonds is 5. The van der Waals surface area contributed by atoms with Crippen LogP contribution in [0.15, 0.2) is 41.4 Å². The minimum absolute atomic E-state index is 0.0956. The number of primary amides is 1. The molecule has 4 nitrogen and oxygen atoms in total. The van der Waals surface area contributed by atoms with Gasteiger partial charge in [0, 0.05) is 19.2 Å². The maximum absolute atomic E-state index is 14.9. The lowest BCUT2D eigenvalue weighted by Crippen LogP contribution is -2.60. The van der Waals surface area contributed by atoms with E-state index in [1.807, 2.05) is 0 Å². The van der Waals surface area contributed by atoms with Gasteiger partial charge in [-0.1, -0.05) is 47.5 Å². The van der Waals surface area contributed by atoms with Crippen LogP contribution >= 0.6 is 23.2 Å². The number of alkyl halides is 4. The average molecular weight is 508 g/mol. The van der Waals surface area contributed by atoms with E-state index in [0.29, 0.717) is 5.56 Å². The lowest BCUT2D eigenvalue weighted by Gasteiger charge is -2.43. The fraction of sp³-hybridized carbons (Fsp3) is 0.364. The fourth-order valence-corrected chi connectivity index (χ4v) is 4.23. The van der Waals surface area contributed by atoms with Gasteiger partial charge in [-0.15, -0.1) is 0 Å². The normalized spacial score (nSPS) is 18.0. The van der Waals surface area contributed by atoms with E-state index >= 15 is 0 Å². The van der Waals surface area contributed by atoms with E-state index in [9.17, 15) is 26.7 Å². The average Bonchev–Trinajstić information content (AvgIpc) is 2.72. The standard InChI is InChI=1S/C22H20Cl2F5N3O/c1-20(22(27,28)29,14-7-15(23)18(25)16(24)8-14)9-17(31-2)12-3-5-13(6-4-12)21(26)10-32(11-21)19(30)33/h3-8H,9-11H2,1-2H3,(H2,30,33). The molecular formula is C22H20Cl2F5N3O. The van der Waals surface area contributed by atoms with Crippen LogP contribution in [0.2, 0.25) is 10.0 Å². The molecule has 1 aliphatic rings. The number of nitrogens with zero attached hydrogens (tertiary/aromatic N) is 2. The summed E-state index contributed by atoms with van der Waals surface area (Å²) in [5.74, 6) is -1.00. The van der Waals surface area contributed by atoms with E-state index in [2.05, 4.69) is 4.99 Å². The summed E-state index contributed by atoms with van der Waals surface area (Å²) in [6.45, 7) is 0.555. The molecule has 0 aliphatic carbocycles. The highest BCUT2D eigenvalue weighted by molar-refractivity contribution is 6.35. The first kappa shape index (κ1) is 25.2. The van der Waals surface area contributed by atoms with Gasteiger partial charge in [-0.3, -0.25) is 4.99 Å². The second-order valence-electron chi connectivity index (χ2n) is 8.17. The first-order valence-corrected chi connectivity index (χ1v) is 10.5. The summed E-state index contributed by atoms with van der Waals surface area (Å²) < 4.78 is 71.4. The van der Waals surface area contributed by atoms with Crippen LogP contribution in [0, 0.1) is 5.82 Å². The number of urea groups is 1. The molecule has 0 bridgehead atoms. The Bertz CT molecular complexity index is 1080. The molecule has 1 saturated heterocycles. The van der Waals surface area contributed by atoms with E-state index in [1.165, 1.54) is 31.3 Å². The van der Waals surface area contributed by atoms with Crippen LogP contribution in [0.3, 0.4) is 0 Å². The maximum atomic E-state index is 14.9. The van der Waals surface area contributed by atoms with Gasteiger partial charge in [0.1, 0.15) is 0 Å². The van der Waals surface area contributed by atoms with Crippen LogP contribution in [0.1, 0.15) is 30.0 Å². The first-order valence-electron chi connectivity index (χ1n) is 9.73. The number of carbonyl (C=O) groups excluding carboxylic acids is 1. The van der Waals surface area contributed by atoms with Gasteiger partial charge in [0.2, 0.25) is 0 Å². The van der Waals surface area contributed by atoms with Crippen LogP contribution in [0.25, 0.3) is 0 Å². The molecule has 0 spiro atoms. The smallest absolute Gasteiger partial charge is 0.351 e. The number of nitrogens with two attached hydrogens (primary N) is 1. The molecule has 1 fully saturated rings. The number of carbonyl (C=O) groups is 1. The van der Waals surface area contributed by atoms with Gasteiger partial charge in [-0.05, 0) is 35.7 Å². The number of aliphatic imine (C=N–C) groups is 1. The summed E-state index contributed by atoms with van der Waals surface area (Å²) in [6, 6.07) is 6.89. The van der Waals surface area contributed by atoms with Crippen LogP contribution in [0.4, 0.5) is 26.7 Å². The molecule has 0 radical (unpaired) electrons. The van der Waals surface area contributed by atoms with E-state index < -0.39 is 45.6 Å². The number of benzene rings is 2. The van der Waals surface area contributed by atoms with Crippen molar-refractivity contribution in [2.24, 2.45) is 10.7 Å². The van der Waals surface area contributed by atoms with Gasteiger partial charge < -0.3 is 10.6 Å². The zero-order valence-corrected chi connectivity index (χ0v) is 19.1. The monoisotopic (exact) mass is 507 g/mol. The Morgan fingerprint density at radius 1 is 1.15 bits per heavy atom. The third kappa shape index (κ3) is 4.66. The van der Waals surface area contributed by atoms with Gasteiger partial charge in [0.25, 0.3) is 0 Å². The number of likely N-dealkylation sites (tertiary alicyclic amines) is 1. The molecule has 0 saturated carbocycles. The van der Waals surface area contributed by atoms with Gasteiger partial charge in [0.15, 0.2) is 11.5 Å². The second-order valence-corrected chi connectivity index (χ2v) is 8.98. The molecule has 33 heavy (non-hydrogen) atoms. The van der Waals surface area contributed by atoms with Crippen molar-refractivity contribution < 1.29 is 26.7 Å². The van der Waals surface area contributed by atoms with Crippen LogP contribution in [0.5, 0.6) is 0 Å². The highest BCUT2D eigenvalue weighted by Crippen LogP contribution is 2.46. The zero-order chi connectivity index (χ0) is 24.8. The Morgan fingerprint density at radius 2 is 1.67 bits per heavy atom. The lowest BCUT2D eigenvalue weighted by molar-refractivity contribution is -0.183. The van der Waals surface area contributed by atoms with Gasteiger partial charge >= 0.3 is 12.2 Å². The van der Waals surface area contributed by atoms with Crippen molar-refractivity contribution in [3.05, 3.63) is 69.0 Å². The summed E-state index contributed by atoms with van der Waals surface area (Å²) in [5.41, 5.74) is 1.27. The Labute approximate surface area is 197 Å². The Morgan fingerprint density at radius 3 is 2.09 bits per heavy atom. The van der Waals surface area contributed by atoms with Crippen LogP contribution in [-0.4, -0.2) is 43.0 Å². The number of hydrogen-bond donors (Lipinski definition) is 1. The third-order valence-corrected chi connectivity index (χ3v) is 6.52. The predicted molar refractivity (Wildman–Crippen MR) is 117 cm³/mol. The van der Waals surface area contributed by atoms with Crippen molar-refractivity contribution in [3.8, 4) is 0 Å². The topological polar surface area (TPSA) is 58.7 Å². The molecule has 1 unspecified atom stereocenters. The lowest BCUT2D eigenvalue weighted by atomic mass is 9.76. The quantitative estimate of drug-likeness (QED) is 0.300. The number of hydrogen-bond acceptors (Lipinski definition) is 2. The zero-order valence-electron chi connectivity index (χ0n) is 17.6. The molecule has 0 aromatic heterocycles. The van der Waals surface area contributed by atoms with E-state index in [1.54, 1.807) is 0 Å². The minimum Gasteiger partial charge on any atom is -0.351 e. The second kappa shape index (κ2) is 8.76. The highest BCUT2D eigenvalue weighted by Gasteiger charge is 2.53. The van der Waals surface area contributed by atoms with E-state index in [-0.39, 0.29) is 29.9 Å². The first-order chi connectivity index (χ1) is 15.2. The maximum Gasteiger partial charge on any atom is 0.398 e. The van der Waals surface area contributed by atoms with Crippen molar-refractivity contribution in [3.63, 3.8) is 0 Å². The Hall–Kier alpha value is -2.39. The van der Waals surface area contributed by atoms with Crippen molar-refractivity contribution in [1.29, 1.82) is 0 Å². The Balaban J connectivity index is 1.91. The van der Waals surface area contributed by atoms with Crippen molar-refractivity contribution in [2.45, 2.75) is 30.6 Å². The molecule has 3 rings (SSSR count). The van der Waals surface area contributed by atoms with E-state index in [4.69, 9.17) is 28.9 Å². The predicted octanol–water partition coefficient (Wildman–Crippen LogP) is 6.02. The number of halogens is 7. The summed E-state index contributed by atoms with van der Waals surface area (Å²) >= 11 is 11.5. The van der Waals surface area contributed by atoms with Gasteiger partial charge in [0.05, 0.1) is 28.5 Å². The molecule has 2 aromatic rings. The molecule has 2 aromatic carbocycles. The molecule has 1 aliphatic heterocycles. The van der Waals surface area contributed by atoms with Crippen molar-refractivity contribution >= 4 is 34.9 Å². The molecule has 11 heteroatoms. The summed E-state index contributed by atoms with van der Waals surface area (Å²) in [6.07, 6.45) is -5.35. The molecule has 2 amide bonds. The minimum atomic E-state index is -4.75. The molecule has 1 heterocycles. The van der Waals surface area contributed by atoms with Crippen LogP contribution < -0.4 is 5.73 Å². The van der Waals surface area contributed by atoms with Crippen molar-refractivity contribution in [1.82, 2.24) is 4.90 Å². The largest absolute Gasteiger partial charge is 0.398 e. The van der Waals surface area contributed by atoms with Crippen LogP contribution in [-0.2, 0) is 11.1 Å². The molecule has 2 N–H and O–H groups in total. The Kier molecular flexibility index (Phi) is 6.70.